The van der Waals surface area contributed by atoms with Crippen molar-refractivity contribution in [1.82, 2.24) is 15.0 Å². The summed E-state index contributed by atoms with van der Waals surface area (Å²) in [4.78, 5) is 37.8. The Morgan fingerprint density at radius 2 is 1.68 bits per heavy atom. The molecule has 0 unspecified atom stereocenters. The molecule has 0 aliphatic heterocycles. The van der Waals surface area contributed by atoms with Gasteiger partial charge in [0, 0.05) is 20.2 Å². The van der Waals surface area contributed by atoms with E-state index in [1.165, 1.54) is 0 Å². The Morgan fingerprint density at radius 3 is 2.33 bits per heavy atom. The zero-order valence-electron chi connectivity index (χ0n) is 23.1. The van der Waals surface area contributed by atoms with E-state index in [4.69, 9.17) is 18.7 Å². The van der Waals surface area contributed by atoms with E-state index in [1.54, 1.807) is 31.4 Å². The second kappa shape index (κ2) is 15.2. The van der Waals surface area contributed by atoms with Crippen molar-refractivity contribution in [3.63, 3.8) is 0 Å². The third-order valence-electron chi connectivity index (χ3n) is 5.96. The first kappa shape index (κ1) is 31.6. The number of nitrogens with zero attached hydrogens (tertiary/aromatic N) is 2. The summed E-state index contributed by atoms with van der Waals surface area (Å²) in [6.45, 7) is 5.35. The molecule has 1 heterocycles. The van der Waals surface area contributed by atoms with Gasteiger partial charge >= 0.3 is 57.1 Å². The molecule has 0 atom stereocenters. The number of methoxy groups -OCH3 is 1. The fourth-order valence-corrected chi connectivity index (χ4v) is 4.18. The summed E-state index contributed by atoms with van der Waals surface area (Å²) in [7, 11) is 1.58. The summed E-state index contributed by atoms with van der Waals surface area (Å²) in [5, 5.41) is 2.74. The van der Waals surface area contributed by atoms with Crippen LogP contribution in [-0.2, 0) is 22.7 Å². The largest absolute Gasteiger partial charge is 1.00 e. The van der Waals surface area contributed by atoms with Gasteiger partial charge in [-0.3, -0.25) is 14.3 Å². The zero-order valence-corrected chi connectivity index (χ0v) is 26.2. The molecule has 40 heavy (non-hydrogen) atoms. The molecule has 0 fully saturated rings. The second-order valence-electron chi connectivity index (χ2n) is 8.98. The molecule has 0 spiro atoms. The van der Waals surface area contributed by atoms with E-state index >= 15 is 0 Å². The first-order chi connectivity index (χ1) is 18.8. The fourth-order valence-electron chi connectivity index (χ4n) is 4.18. The zero-order chi connectivity index (χ0) is 27.8. The molecular formula is C29H30KN3O7. The summed E-state index contributed by atoms with van der Waals surface area (Å²) < 4.78 is 22.2. The van der Waals surface area contributed by atoms with E-state index in [9.17, 15) is 14.4 Å². The maximum atomic E-state index is 11.9. The molecule has 0 bridgehead atoms. The summed E-state index contributed by atoms with van der Waals surface area (Å²) in [6.07, 6.45) is 0. The number of carbonyl (C=O) groups excluding carboxylic acids is 1. The maximum absolute atomic E-state index is 11.9. The van der Waals surface area contributed by atoms with Crippen LogP contribution in [0.3, 0.4) is 0 Å². The predicted octanol–water partition coefficient (Wildman–Crippen LogP) is -0.185. The van der Waals surface area contributed by atoms with Crippen LogP contribution >= 0.6 is 0 Å². The SMILES string of the molecule is COCCNC(=O)COc1cc(C)c(-c2cccc(COc3ccc(Cn4oc(=O)[n-]c4=O)cc3)c2)c(C)c1.[K+]. The van der Waals surface area contributed by atoms with Gasteiger partial charge in [-0.25, -0.2) is 4.79 Å². The van der Waals surface area contributed by atoms with Crippen LogP contribution in [0.25, 0.3) is 11.1 Å². The van der Waals surface area contributed by atoms with Crippen LogP contribution in [0.1, 0.15) is 22.3 Å². The van der Waals surface area contributed by atoms with Gasteiger partial charge in [0.05, 0.1) is 6.61 Å². The summed E-state index contributed by atoms with van der Waals surface area (Å²) >= 11 is 0. The molecule has 3 aromatic carbocycles. The van der Waals surface area contributed by atoms with Gasteiger partial charge in [-0.2, -0.15) is 0 Å². The molecule has 0 aliphatic carbocycles. The number of hydrogen-bond donors (Lipinski definition) is 1. The van der Waals surface area contributed by atoms with Crippen molar-refractivity contribution in [2.45, 2.75) is 27.0 Å². The number of amides is 1. The number of hydrogen-bond acceptors (Lipinski definition) is 7. The van der Waals surface area contributed by atoms with Crippen LogP contribution < -0.4 is 82.6 Å². The first-order valence-electron chi connectivity index (χ1n) is 12.4. The minimum atomic E-state index is -0.907. The standard InChI is InChI=1S/C29H31N3O7.K/c1-19-13-25(38-18-26(33)30-11-12-36-3)14-20(2)27(19)23-6-4-5-22(15-23)17-37-24-9-7-21(8-10-24)16-32-28(34)31-29(35)39-32;/h4-10,13-15H,11-12,16-18H2,1-3H3,(H2,30,31,33,34,35);/q;+1/p-1. The number of aryl methyl sites for hydroxylation is 2. The molecule has 0 saturated carbocycles. The Balaban J connectivity index is 0.00000441. The number of nitrogens with one attached hydrogen (secondary N) is 1. The summed E-state index contributed by atoms with van der Waals surface area (Å²) in [6, 6.07) is 19.2. The molecule has 4 aromatic rings. The Hall–Kier alpha value is -2.93. The van der Waals surface area contributed by atoms with Gasteiger partial charge in [0.2, 0.25) is 0 Å². The average Bonchev–Trinajstić information content (AvgIpc) is 3.23. The number of ether oxygens (including phenoxy) is 3. The van der Waals surface area contributed by atoms with Gasteiger partial charge in [0.1, 0.15) is 18.1 Å². The third kappa shape index (κ3) is 8.78. The van der Waals surface area contributed by atoms with E-state index in [1.807, 2.05) is 38.1 Å². The molecule has 0 aliphatic rings. The van der Waals surface area contributed by atoms with E-state index in [-0.39, 0.29) is 70.4 Å². The Bertz CT molecular complexity index is 1520. The quantitative estimate of drug-likeness (QED) is 0.184. The predicted molar refractivity (Wildman–Crippen MR) is 144 cm³/mol. The first-order valence-corrected chi connectivity index (χ1v) is 12.4. The van der Waals surface area contributed by atoms with Crippen LogP contribution in [0.15, 0.2) is 74.8 Å². The number of rotatable bonds is 12. The molecule has 0 saturated heterocycles. The van der Waals surface area contributed by atoms with Gasteiger partial charge in [-0.15, -0.1) is 0 Å². The molecule has 10 nitrogen and oxygen atoms in total. The van der Waals surface area contributed by atoms with Crippen molar-refractivity contribution in [3.05, 3.63) is 104 Å². The van der Waals surface area contributed by atoms with Gasteiger partial charge in [0.25, 0.3) is 5.91 Å². The maximum Gasteiger partial charge on any atom is 1.00 e. The normalized spacial score (nSPS) is 10.6. The van der Waals surface area contributed by atoms with Crippen LogP contribution in [0.2, 0.25) is 0 Å². The number of benzene rings is 3. The van der Waals surface area contributed by atoms with Crippen LogP contribution in [-0.4, -0.2) is 37.5 Å². The number of carbonyl (C=O) groups is 1. The van der Waals surface area contributed by atoms with Crippen molar-refractivity contribution in [2.75, 3.05) is 26.9 Å². The molecule has 11 heteroatoms. The van der Waals surface area contributed by atoms with Gasteiger partial charge in [-0.05, 0) is 77.6 Å². The Morgan fingerprint density at radius 1 is 0.950 bits per heavy atom. The van der Waals surface area contributed by atoms with Crippen molar-refractivity contribution in [2.24, 2.45) is 0 Å². The van der Waals surface area contributed by atoms with Gasteiger partial charge < -0.3 is 29.0 Å². The van der Waals surface area contributed by atoms with Crippen molar-refractivity contribution in [1.29, 1.82) is 0 Å². The average molecular weight is 572 g/mol. The third-order valence-corrected chi connectivity index (χ3v) is 5.96. The number of aromatic nitrogens is 2. The van der Waals surface area contributed by atoms with Gasteiger partial charge in [-0.1, -0.05) is 30.3 Å². The van der Waals surface area contributed by atoms with E-state index in [2.05, 4.69) is 22.4 Å². The van der Waals surface area contributed by atoms with Crippen molar-refractivity contribution >= 4 is 5.91 Å². The monoisotopic (exact) mass is 571 g/mol. The minimum absolute atomic E-state index is 0. The smallest absolute Gasteiger partial charge is 0.489 e. The van der Waals surface area contributed by atoms with Crippen LogP contribution in [0.4, 0.5) is 0 Å². The molecule has 204 valence electrons. The van der Waals surface area contributed by atoms with E-state index < -0.39 is 11.4 Å². The van der Waals surface area contributed by atoms with Crippen molar-refractivity contribution in [3.8, 4) is 22.6 Å². The molecule has 1 N–H and O–H groups in total. The molecule has 1 amide bonds. The fraction of sp³-hybridized carbons (Fsp3) is 0.276. The van der Waals surface area contributed by atoms with Crippen LogP contribution in [0.5, 0.6) is 11.5 Å². The summed E-state index contributed by atoms with van der Waals surface area (Å²) in [5.74, 6) is 0.200. The van der Waals surface area contributed by atoms with Crippen LogP contribution in [0, 0.1) is 13.8 Å². The Kier molecular flexibility index (Phi) is 12.0. The van der Waals surface area contributed by atoms with Gasteiger partial charge in [0.15, 0.2) is 12.3 Å². The Labute approximate surface area is 274 Å². The summed E-state index contributed by atoms with van der Waals surface area (Å²) in [5.41, 5.74) is 5.28. The van der Waals surface area contributed by atoms with E-state index in [0.717, 1.165) is 38.1 Å². The van der Waals surface area contributed by atoms with E-state index in [0.29, 0.717) is 31.3 Å². The second-order valence-corrected chi connectivity index (χ2v) is 8.98. The molecule has 1 aromatic heterocycles. The molecular weight excluding hydrogens is 541 g/mol. The topological polar surface area (TPSA) is 123 Å². The van der Waals surface area contributed by atoms with Crippen molar-refractivity contribution < 1.29 is 74.9 Å². The minimum Gasteiger partial charge on any atom is -0.489 e. The molecule has 0 radical (unpaired) electrons. The molecule has 4 rings (SSSR count).